The quantitative estimate of drug-likeness (QED) is 0.573. The lowest BCUT2D eigenvalue weighted by molar-refractivity contribution is -0.274. The molecule has 2 atom stereocenters. The highest BCUT2D eigenvalue weighted by Gasteiger charge is 2.32. The zero-order chi connectivity index (χ0) is 20.0. The molecule has 0 saturated heterocycles. The largest absolute Gasteiger partial charge is 0.573 e. The van der Waals surface area contributed by atoms with Crippen molar-refractivity contribution in [2.45, 2.75) is 25.8 Å². The van der Waals surface area contributed by atoms with E-state index in [1.54, 1.807) is 6.92 Å². The first-order valence-corrected chi connectivity index (χ1v) is 8.14. The molecule has 0 saturated carbocycles. The molecule has 27 heavy (non-hydrogen) atoms. The van der Waals surface area contributed by atoms with Gasteiger partial charge in [0, 0.05) is 0 Å². The number of hydrogen-bond acceptors (Lipinski definition) is 4. The maximum absolute atomic E-state index is 13.1. The lowest BCUT2D eigenvalue weighted by atomic mass is 9.90. The maximum atomic E-state index is 13.1. The smallest absolute Gasteiger partial charge is 0.466 e. The first-order chi connectivity index (χ1) is 12.7. The van der Waals surface area contributed by atoms with Gasteiger partial charge in [-0.2, -0.15) is 0 Å². The van der Waals surface area contributed by atoms with Gasteiger partial charge in [-0.25, -0.2) is 4.39 Å². The van der Waals surface area contributed by atoms with E-state index >= 15 is 0 Å². The van der Waals surface area contributed by atoms with Gasteiger partial charge in [0.2, 0.25) is 0 Å². The molecular formula is C19H18F4O4. The van der Waals surface area contributed by atoms with Crippen molar-refractivity contribution >= 4 is 5.97 Å². The minimum absolute atomic E-state index is 0.0175. The van der Waals surface area contributed by atoms with Gasteiger partial charge in [0.25, 0.3) is 0 Å². The zero-order valence-electron chi connectivity index (χ0n) is 14.4. The van der Waals surface area contributed by atoms with E-state index < -0.39 is 35.9 Å². The van der Waals surface area contributed by atoms with E-state index in [9.17, 15) is 27.5 Å². The predicted molar refractivity (Wildman–Crippen MR) is 88.3 cm³/mol. The van der Waals surface area contributed by atoms with E-state index in [4.69, 9.17) is 4.74 Å². The first-order valence-electron chi connectivity index (χ1n) is 8.14. The Morgan fingerprint density at radius 2 is 1.67 bits per heavy atom. The topological polar surface area (TPSA) is 55.8 Å². The van der Waals surface area contributed by atoms with Gasteiger partial charge >= 0.3 is 12.3 Å². The number of aliphatic hydroxyl groups excluding tert-OH is 1. The predicted octanol–water partition coefficient (Wildman–Crippen LogP) is 4.18. The number of halogens is 4. The Kier molecular flexibility index (Phi) is 6.79. The number of aliphatic hydroxyl groups is 1. The van der Waals surface area contributed by atoms with Gasteiger partial charge in [0.15, 0.2) is 0 Å². The molecule has 2 rings (SSSR count). The molecule has 2 unspecified atom stereocenters. The normalized spacial score (nSPS) is 13.7. The number of esters is 1. The summed E-state index contributed by atoms with van der Waals surface area (Å²) in [5, 5.41) is 10.5. The number of hydrogen-bond donors (Lipinski definition) is 1. The van der Waals surface area contributed by atoms with Crippen molar-refractivity contribution in [3.63, 3.8) is 0 Å². The molecule has 0 aliphatic rings. The second-order valence-electron chi connectivity index (χ2n) is 5.75. The van der Waals surface area contributed by atoms with Crippen molar-refractivity contribution in [3.05, 3.63) is 65.5 Å². The molecule has 0 aliphatic heterocycles. The van der Waals surface area contributed by atoms with Crippen LogP contribution in [0, 0.1) is 11.7 Å². The SMILES string of the molecule is CCOC(=O)C(Cc1ccc(OC(F)(F)F)cc1)C(O)c1ccc(F)cc1. The summed E-state index contributed by atoms with van der Waals surface area (Å²) in [7, 11) is 0. The third kappa shape index (κ3) is 6.25. The summed E-state index contributed by atoms with van der Waals surface area (Å²) in [6.07, 6.45) is -6.05. The molecular weight excluding hydrogens is 368 g/mol. The molecule has 2 aromatic carbocycles. The molecule has 8 heteroatoms. The van der Waals surface area contributed by atoms with Crippen LogP contribution in [0.25, 0.3) is 0 Å². The molecule has 0 amide bonds. The molecule has 146 valence electrons. The summed E-state index contributed by atoms with van der Waals surface area (Å²) in [6, 6.07) is 9.99. The standard InChI is InChI=1S/C19H18F4O4/c1-2-26-18(25)16(17(24)13-5-7-14(20)8-6-13)11-12-3-9-15(10-4-12)27-19(21,22)23/h3-10,16-17,24H,2,11H2,1H3. The first kappa shape index (κ1) is 20.7. The van der Waals surface area contributed by atoms with Gasteiger partial charge in [-0.3, -0.25) is 4.79 Å². The Hall–Kier alpha value is -2.61. The maximum Gasteiger partial charge on any atom is 0.573 e. The summed E-state index contributed by atoms with van der Waals surface area (Å²) >= 11 is 0. The molecule has 1 N–H and O–H groups in total. The highest BCUT2D eigenvalue weighted by atomic mass is 19.4. The zero-order valence-corrected chi connectivity index (χ0v) is 14.4. The van der Waals surface area contributed by atoms with Crippen LogP contribution in [0.4, 0.5) is 17.6 Å². The van der Waals surface area contributed by atoms with Crippen molar-refractivity contribution in [2.24, 2.45) is 5.92 Å². The van der Waals surface area contributed by atoms with Gasteiger partial charge in [-0.15, -0.1) is 13.2 Å². The molecule has 0 bridgehead atoms. The summed E-state index contributed by atoms with van der Waals surface area (Å²) in [6.45, 7) is 1.71. The number of carbonyl (C=O) groups excluding carboxylic acids is 1. The third-order valence-electron chi connectivity index (χ3n) is 3.79. The summed E-state index contributed by atoms with van der Waals surface area (Å²) in [4.78, 5) is 12.3. The van der Waals surface area contributed by atoms with Crippen LogP contribution < -0.4 is 4.74 Å². The van der Waals surface area contributed by atoms with Crippen molar-refractivity contribution < 1.29 is 36.9 Å². The van der Waals surface area contributed by atoms with Crippen LogP contribution in [-0.2, 0) is 16.0 Å². The van der Waals surface area contributed by atoms with Crippen LogP contribution in [0.3, 0.4) is 0 Å². The highest BCUT2D eigenvalue weighted by molar-refractivity contribution is 5.74. The van der Waals surface area contributed by atoms with Crippen LogP contribution in [0.15, 0.2) is 48.5 Å². The fourth-order valence-corrected chi connectivity index (χ4v) is 2.55. The second-order valence-corrected chi connectivity index (χ2v) is 5.75. The molecule has 0 spiro atoms. The van der Waals surface area contributed by atoms with E-state index in [1.165, 1.54) is 24.3 Å². The molecule has 4 nitrogen and oxygen atoms in total. The van der Waals surface area contributed by atoms with Crippen LogP contribution >= 0.6 is 0 Å². The van der Waals surface area contributed by atoms with Gasteiger partial charge in [0.1, 0.15) is 11.6 Å². The summed E-state index contributed by atoms with van der Waals surface area (Å²) in [5.74, 6) is -2.55. The Morgan fingerprint density at radius 3 is 2.19 bits per heavy atom. The third-order valence-corrected chi connectivity index (χ3v) is 3.79. The fourth-order valence-electron chi connectivity index (χ4n) is 2.55. The molecule has 0 heterocycles. The molecule has 0 aliphatic carbocycles. The average molecular weight is 386 g/mol. The molecule has 0 radical (unpaired) electrons. The number of carbonyl (C=O) groups is 1. The Labute approximate surface area is 153 Å². The van der Waals surface area contributed by atoms with E-state index in [-0.39, 0.29) is 13.0 Å². The second kappa shape index (κ2) is 8.85. The Bertz CT molecular complexity index is 742. The number of benzene rings is 2. The Balaban J connectivity index is 2.19. The van der Waals surface area contributed by atoms with Crippen molar-refractivity contribution in [1.82, 2.24) is 0 Å². The minimum Gasteiger partial charge on any atom is -0.466 e. The van der Waals surface area contributed by atoms with Crippen LogP contribution in [0.1, 0.15) is 24.2 Å². The van der Waals surface area contributed by atoms with E-state index in [1.807, 2.05) is 0 Å². The number of ether oxygens (including phenoxy) is 2. The van der Waals surface area contributed by atoms with Gasteiger partial charge in [0.05, 0.1) is 18.6 Å². The fraction of sp³-hybridized carbons (Fsp3) is 0.316. The lowest BCUT2D eigenvalue weighted by Gasteiger charge is -2.22. The van der Waals surface area contributed by atoms with Crippen LogP contribution in [0.5, 0.6) is 5.75 Å². The van der Waals surface area contributed by atoms with Crippen LogP contribution in [0.2, 0.25) is 0 Å². The monoisotopic (exact) mass is 386 g/mol. The van der Waals surface area contributed by atoms with E-state index in [0.29, 0.717) is 11.1 Å². The van der Waals surface area contributed by atoms with Gasteiger partial charge in [-0.1, -0.05) is 24.3 Å². The Morgan fingerprint density at radius 1 is 1.07 bits per heavy atom. The van der Waals surface area contributed by atoms with Crippen molar-refractivity contribution in [3.8, 4) is 5.75 Å². The molecule has 0 aromatic heterocycles. The van der Waals surface area contributed by atoms with Crippen molar-refractivity contribution in [2.75, 3.05) is 6.61 Å². The minimum atomic E-state index is -4.80. The summed E-state index contributed by atoms with van der Waals surface area (Å²) in [5.41, 5.74) is 0.829. The lowest BCUT2D eigenvalue weighted by Crippen LogP contribution is -2.26. The van der Waals surface area contributed by atoms with E-state index in [0.717, 1.165) is 24.3 Å². The van der Waals surface area contributed by atoms with Gasteiger partial charge in [-0.05, 0) is 48.7 Å². The summed E-state index contributed by atoms with van der Waals surface area (Å²) < 4.78 is 58.5. The van der Waals surface area contributed by atoms with Gasteiger partial charge < -0.3 is 14.6 Å². The van der Waals surface area contributed by atoms with Crippen molar-refractivity contribution in [1.29, 1.82) is 0 Å². The average Bonchev–Trinajstić information content (AvgIpc) is 2.60. The number of alkyl halides is 3. The van der Waals surface area contributed by atoms with E-state index in [2.05, 4.69) is 4.74 Å². The number of rotatable bonds is 7. The molecule has 0 fully saturated rings. The molecule has 2 aromatic rings. The highest BCUT2D eigenvalue weighted by Crippen LogP contribution is 2.28. The van der Waals surface area contributed by atoms with Crippen LogP contribution in [-0.4, -0.2) is 24.0 Å².